The molecule has 0 bridgehead atoms. The summed E-state index contributed by atoms with van der Waals surface area (Å²) in [6.07, 6.45) is 0.724. The van der Waals surface area contributed by atoms with Crippen LogP contribution in [-0.4, -0.2) is 61.2 Å². The average Bonchev–Trinajstić information content (AvgIpc) is 2.86. The van der Waals surface area contributed by atoms with E-state index in [-0.39, 0.29) is 5.91 Å². The van der Waals surface area contributed by atoms with Crippen LogP contribution in [0.5, 0.6) is 11.5 Å². The van der Waals surface area contributed by atoms with Crippen LogP contribution in [0.25, 0.3) is 0 Å². The molecule has 3 aromatic rings. The number of anilines is 1. The van der Waals surface area contributed by atoms with Gasteiger partial charge in [0.2, 0.25) is 0 Å². The number of piperazine rings is 1. The van der Waals surface area contributed by atoms with E-state index in [0.717, 1.165) is 39.9 Å². The van der Waals surface area contributed by atoms with Gasteiger partial charge in [-0.1, -0.05) is 23.7 Å². The van der Waals surface area contributed by atoms with Crippen molar-refractivity contribution in [2.45, 2.75) is 20.3 Å². The van der Waals surface area contributed by atoms with Gasteiger partial charge in [0.1, 0.15) is 23.1 Å². The Morgan fingerprint density at radius 3 is 2.15 bits per heavy atom. The number of aromatic nitrogens is 2. The van der Waals surface area contributed by atoms with Crippen molar-refractivity contribution in [1.29, 1.82) is 0 Å². The van der Waals surface area contributed by atoms with Gasteiger partial charge in [-0.3, -0.25) is 4.79 Å². The number of amides is 1. The van der Waals surface area contributed by atoms with E-state index in [2.05, 4.69) is 9.88 Å². The summed E-state index contributed by atoms with van der Waals surface area (Å²) >= 11 is 6.06. The summed E-state index contributed by atoms with van der Waals surface area (Å²) in [5.41, 5.74) is 3.79. The fourth-order valence-electron chi connectivity index (χ4n) is 4.23. The molecule has 1 amide bonds. The number of carbonyl (C=O) groups is 1. The molecular formula is C26H29ClN4O3. The molecule has 0 atom stereocenters. The first-order valence-electron chi connectivity index (χ1n) is 11.2. The van der Waals surface area contributed by atoms with E-state index >= 15 is 0 Å². The summed E-state index contributed by atoms with van der Waals surface area (Å²) in [6, 6.07) is 13.1. The van der Waals surface area contributed by atoms with Gasteiger partial charge >= 0.3 is 0 Å². The fraction of sp³-hybridized carbons (Fsp3) is 0.346. The number of hydrogen-bond donors (Lipinski definition) is 0. The van der Waals surface area contributed by atoms with Gasteiger partial charge < -0.3 is 19.3 Å². The van der Waals surface area contributed by atoms with Crippen LogP contribution in [0.15, 0.2) is 42.5 Å². The van der Waals surface area contributed by atoms with E-state index in [1.165, 1.54) is 0 Å². The molecule has 1 aromatic heterocycles. The zero-order chi connectivity index (χ0) is 24.2. The zero-order valence-electron chi connectivity index (χ0n) is 20.0. The molecule has 7 nitrogen and oxygen atoms in total. The summed E-state index contributed by atoms with van der Waals surface area (Å²) in [4.78, 5) is 26.7. The molecule has 1 fully saturated rings. The smallest absolute Gasteiger partial charge is 0.254 e. The number of aryl methyl sites for hydroxylation is 2. The molecule has 4 rings (SSSR count). The summed E-state index contributed by atoms with van der Waals surface area (Å²) in [6.45, 7) is 6.52. The molecule has 0 saturated carbocycles. The van der Waals surface area contributed by atoms with E-state index < -0.39 is 0 Å². The Bertz CT molecular complexity index is 1150. The molecule has 0 spiro atoms. The average molecular weight is 481 g/mol. The number of carbonyl (C=O) groups excluding carboxylic acids is 1. The van der Waals surface area contributed by atoms with Crippen LogP contribution in [0.1, 0.15) is 33.0 Å². The molecular weight excluding hydrogens is 452 g/mol. The van der Waals surface area contributed by atoms with E-state index in [1.54, 1.807) is 32.4 Å². The molecule has 34 heavy (non-hydrogen) atoms. The van der Waals surface area contributed by atoms with Crippen molar-refractivity contribution >= 4 is 23.3 Å². The van der Waals surface area contributed by atoms with Crippen LogP contribution in [0.3, 0.4) is 0 Å². The van der Waals surface area contributed by atoms with Crippen molar-refractivity contribution in [1.82, 2.24) is 14.9 Å². The van der Waals surface area contributed by atoms with Crippen molar-refractivity contribution in [3.05, 3.63) is 75.7 Å². The van der Waals surface area contributed by atoms with Crippen molar-refractivity contribution in [2.24, 2.45) is 0 Å². The SMILES string of the molecule is COc1cc(OC)cc(C(=O)N2CCN(c3nc(C)nc(C)c3Cc3ccc(Cl)cc3)CC2)c1. The quantitative estimate of drug-likeness (QED) is 0.523. The second-order valence-corrected chi connectivity index (χ2v) is 8.78. The van der Waals surface area contributed by atoms with Gasteiger partial charge in [-0.15, -0.1) is 0 Å². The van der Waals surface area contributed by atoms with Crippen molar-refractivity contribution in [3.63, 3.8) is 0 Å². The lowest BCUT2D eigenvalue weighted by Crippen LogP contribution is -2.49. The van der Waals surface area contributed by atoms with Crippen molar-refractivity contribution in [2.75, 3.05) is 45.3 Å². The normalized spacial score (nSPS) is 13.7. The third-order valence-electron chi connectivity index (χ3n) is 6.06. The first-order valence-corrected chi connectivity index (χ1v) is 11.6. The molecule has 178 valence electrons. The molecule has 0 unspecified atom stereocenters. The first kappa shape index (κ1) is 23.8. The molecule has 1 aliphatic rings. The standard InChI is InChI=1S/C26H29ClN4O3/c1-17-24(13-19-5-7-21(27)8-6-19)25(29-18(2)28-17)30-9-11-31(12-10-30)26(32)20-14-22(33-3)16-23(15-20)34-4/h5-8,14-16H,9-13H2,1-4H3. The summed E-state index contributed by atoms with van der Waals surface area (Å²) in [5, 5.41) is 0.718. The lowest BCUT2D eigenvalue weighted by Gasteiger charge is -2.36. The number of benzene rings is 2. The highest BCUT2D eigenvalue weighted by Crippen LogP contribution is 2.27. The monoisotopic (exact) mass is 480 g/mol. The van der Waals surface area contributed by atoms with Crippen LogP contribution in [-0.2, 0) is 6.42 Å². The van der Waals surface area contributed by atoms with Crippen LogP contribution in [0.4, 0.5) is 5.82 Å². The van der Waals surface area contributed by atoms with Crippen LogP contribution < -0.4 is 14.4 Å². The van der Waals surface area contributed by atoms with Gasteiger partial charge in [-0.05, 0) is 43.7 Å². The molecule has 2 heterocycles. The van der Waals surface area contributed by atoms with Crippen LogP contribution in [0.2, 0.25) is 5.02 Å². The summed E-state index contributed by atoms with van der Waals surface area (Å²) in [5.74, 6) is 2.85. The predicted octanol–water partition coefficient (Wildman–Crippen LogP) is 4.32. The highest BCUT2D eigenvalue weighted by atomic mass is 35.5. The number of rotatable bonds is 6. The second-order valence-electron chi connectivity index (χ2n) is 8.34. The Hall–Kier alpha value is -3.32. The molecule has 8 heteroatoms. The zero-order valence-corrected chi connectivity index (χ0v) is 20.7. The van der Waals surface area contributed by atoms with E-state index in [4.69, 9.17) is 26.1 Å². The third kappa shape index (κ3) is 5.25. The minimum absolute atomic E-state index is 0.0340. The van der Waals surface area contributed by atoms with Gasteiger partial charge in [0, 0.05) is 60.5 Å². The van der Waals surface area contributed by atoms with Crippen LogP contribution >= 0.6 is 11.6 Å². The molecule has 0 N–H and O–H groups in total. The number of ether oxygens (including phenoxy) is 2. The Labute approximate surface area is 205 Å². The Kier molecular flexibility index (Phi) is 7.22. The minimum atomic E-state index is -0.0340. The third-order valence-corrected chi connectivity index (χ3v) is 6.31. The van der Waals surface area contributed by atoms with E-state index in [0.29, 0.717) is 43.2 Å². The summed E-state index contributed by atoms with van der Waals surface area (Å²) in [7, 11) is 3.16. The molecule has 2 aromatic carbocycles. The Morgan fingerprint density at radius 1 is 0.941 bits per heavy atom. The number of halogens is 1. The van der Waals surface area contributed by atoms with Gasteiger partial charge in [-0.2, -0.15) is 0 Å². The maximum atomic E-state index is 13.2. The summed E-state index contributed by atoms with van der Waals surface area (Å²) < 4.78 is 10.6. The van der Waals surface area contributed by atoms with E-state index in [9.17, 15) is 4.79 Å². The Morgan fingerprint density at radius 2 is 1.56 bits per heavy atom. The molecule has 1 saturated heterocycles. The molecule has 0 radical (unpaired) electrons. The largest absolute Gasteiger partial charge is 0.497 e. The highest BCUT2D eigenvalue weighted by molar-refractivity contribution is 6.30. The second kappa shape index (κ2) is 10.3. The van der Waals surface area contributed by atoms with Gasteiger partial charge in [0.25, 0.3) is 5.91 Å². The highest BCUT2D eigenvalue weighted by Gasteiger charge is 2.26. The van der Waals surface area contributed by atoms with Gasteiger partial charge in [-0.25, -0.2) is 9.97 Å². The number of nitrogens with zero attached hydrogens (tertiary/aromatic N) is 4. The van der Waals surface area contributed by atoms with Crippen molar-refractivity contribution in [3.8, 4) is 11.5 Å². The van der Waals surface area contributed by atoms with Gasteiger partial charge in [0.05, 0.1) is 14.2 Å². The molecule has 0 aliphatic carbocycles. The predicted molar refractivity (Wildman–Crippen MR) is 133 cm³/mol. The minimum Gasteiger partial charge on any atom is -0.497 e. The van der Waals surface area contributed by atoms with E-state index in [1.807, 2.05) is 43.0 Å². The maximum absolute atomic E-state index is 13.2. The van der Waals surface area contributed by atoms with Crippen molar-refractivity contribution < 1.29 is 14.3 Å². The molecule has 1 aliphatic heterocycles. The number of methoxy groups -OCH3 is 2. The topological polar surface area (TPSA) is 67.8 Å². The first-order chi connectivity index (χ1) is 16.4. The number of hydrogen-bond acceptors (Lipinski definition) is 6. The van der Waals surface area contributed by atoms with Crippen LogP contribution in [0, 0.1) is 13.8 Å². The Balaban J connectivity index is 1.52. The maximum Gasteiger partial charge on any atom is 0.254 e. The lowest BCUT2D eigenvalue weighted by molar-refractivity contribution is 0.0745. The van der Waals surface area contributed by atoms with Gasteiger partial charge in [0.15, 0.2) is 0 Å². The lowest BCUT2D eigenvalue weighted by atomic mass is 10.0. The fourth-order valence-corrected chi connectivity index (χ4v) is 4.35.